The van der Waals surface area contributed by atoms with Gasteiger partial charge in [0.2, 0.25) is 0 Å². The molecule has 1 saturated heterocycles. The fraction of sp³-hybridized carbons (Fsp3) is 0.320. The smallest absolute Gasteiger partial charge is 0.185 e. The van der Waals surface area contributed by atoms with Crippen LogP contribution >= 0.6 is 0 Å². The van der Waals surface area contributed by atoms with Crippen LogP contribution in [-0.4, -0.2) is 46.1 Å². The van der Waals surface area contributed by atoms with E-state index in [0.29, 0.717) is 18.7 Å². The van der Waals surface area contributed by atoms with Crippen LogP contribution in [0.25, 0.3) is 17.0 Å². The van der Waals surface area contributed by atoms with Crippen molar-refractivity contribution in [1.82, 2.24) is 9.47 Å². The third-order valence-electron chi connectivity index (χ3n) is 5.62. The molecular formula is C25H28N2O2. The summed E-state index contributed by atoms with van der Waals surface area (Å²) in [5.74, 6) is -0.00688. The summed E-state index contributed by atoms with van der Waals surface area (Å²) in [5, 5.41) is 11.7. The first kappa shape index (κ1) is 19.6. The van der Waals surface area contributed by atoms with Gasteiger partial charge < -0.3 is 14.6 Å². The van der Waals surface area contributed by atoms with Gasteiger partial charge in [-0.1, -0.05) is 55.0 Å². The van der Waals surface area contributed by atoms with Gasteiger partial charge in [-0.15, -0.1) is 0 Å². The molecule has 3 aromatic rings. The van der Waals surface area contributed by atoms with E-state index in [9.17, 15) is 9.90 Å². The fourth-order valence-corrected chi connectivity index (χ4v) is 4.15. The number of aliphatic hydroxyl groups excluding tert-OH is 1. The number of benzene rings is 2. The van der Waals surface area contributed by atoms with Gasteiger partial charge in [0.15, 0.2) is 5.78 Å². The zero-order chi connectivity index (χ0) is 20.1. The van der Waals surface area contributed by atoms with Crippen LogP contribution in [0.5, 0.6) is 0 Å². The van der Waals surface area contributed by atoms with Crippen molar-refractivity contribution in [2.45, 2.75) is 31.9 Å². The lowest BCUT2D eigenvalue weighted by Gasteiger charge is -2.28. The van der Waals surface area contributed by atoms with Gasteiger partial charge in [0.25, 0.3) is 0 Å². The molecule has 150 valence electrons. The van der Waals surface area contributed by atoms with E-state index in [0.717, 1.165) is 29.6 Å². The van der Waals surface area contributed by atoms with Crippen LogP contribution in [0, 0.1) is 0 Å². The summed E-state index contributed by atoms with van der Waals surface area (Å²) in [6.07, 6.45) is 8.89. The fourth-order valence-electron chi connectivity index (χ4n) is 4.15. The molecule has 1 atom stereocenters. The molecule has 4 heteroatoms. The number of likely N-dealkylation sites (tertiary alicyclic amines) is 1. The van der Waals surface area contributed by atoms with E-state index in [4.69, 9.17) is 0 Å². The lowest BCUT2D eigenvalue weighted by atomic mass is 10.1. The van der Waals surface area contributed by atoms with Crippen molar-refractivity contribution in [2.75, 3.05) is 19.6 Å². The first-order chi connectivity index (χ1) is 14.2. The molecule has 0 spiro atoms. The Morgan fingerprint density at radius 3 is 2.48 bits per heavy atom. The maximum absolute atomic E-state index is 12.4. The van der Waals surface area contributed by atoms with Crippen LogP contribution in [-0.2, 0) is 6.54 Å². The summed E-state index contributed by atoms with van der Waals surface area (Å²) in [6, 6.07) is 17.5. The van der Waals surface area contributed by atoms with Crippen LogP contribution in [0.1, 0.15) is 35.2 Å². The van der Waals surface area contributed by atoms with Crippen LogP contribution < -0.4 is 0 Å². The van der Waals surface area contributed by atoms with Crippen molar-refractivity contribution in [1.29, 1.82) is 0 Å². The zero-order valence-electron chi connectivity index (χ0n) is 16.7. The van der Waals surface area contributed by atoms with E-state index in [2.05, 4.69) is 21.6 Å². The second-order valence-corrected chi connectivity index (χ2v) is 7.83. The molecule has 0 unspecified atom stereocenters. The maximum atomic E-state index is 12.4. The van der Waals surface area contributed by atoms with Gasteiger partial charge in [-0.25, -0.2) is 0 Å². The SMILES string of the molecule is O=C(/C=C/c1cn(C[C@H](O)CN2CCCCC2)c2ccccc12)c1ccccc1. The number of fused-ring (bicyclic) bond motifs is 1. The molecule has 1 N–H and O–H groups in total. The Labute approximate surface area is 172 Å². The molecule has 0 saturated carbocycles. The standard InChI is InChI=1S/C25H28N2O2/c28-22(18-26-15-7-2-8-16-26)19-27-17-21(23-11-5-6-12-24(23)27)13-14-25(29)20-9-3-1-4-10-20/h1,3-6,9-14,17,22,28H,2,7-8,15-16,18-19H2/b14-13+/t22-/m1/s1. The Morgan fingerprint density at radius 1 is 0.966 bits per heavy atom. The van der Waals surface area contributed by atoms with Crippen LogP contribution in [0.15, 0.2) is 66.9 Å². The molecule has 1 aromatic heterocycles. The number of aromatic nitrogens is 1. The molecule has 2 heterocycles. The summed E-state index contributed by atoms with van der Waals surface area (Å²) in [5.41, 5.74) is 2.76. The molecule has 0 radical (unpaired) electrons. The van der Waals surface area contributed by atoms with E-state index in [1.54, 1.807) is 6.08 Å². The van der Waals surface area contributed by atoms with E-state index < -0.39 is 6.10 Å². The predicted octanol–water partition coefficient (Wildman–Crippen LogP) is 4.38. The molecule has 1 aliphatic rings. The number of ketones is 1. The highest BCUT2D eigenvalue weighted by atomic mass is 16.3. The Kier molecular flexibility index (Phi) is 6.23. The lowest BCUT2D eigenvalue weighted by Crippen LogP contribution is -2.37. The topological polar surface area (TPSA) is 45.5 Å². The number of allylic oxidation sites excluding steroid dienone is 1. The molecule has 1 aliphatic heterocycles. The number of hydrogen-bond donors (Lipinski definition) is 1. The van der Waals surface area contributed by atoms with Gasteiger partial charge >= 0.3 is 0 Å². The number of nitrogens with zero attached hydrogens (tertiary/aromatic N) is 2. The second-order valence-electron chi connectivity index (χ2n) is 7.83. The van der Waals surface area contributed by atoms with Crippen LogP contribution in [0.2, 0.25) is 0 Å². The molecule has 2 aromatic carbocycles. The average Bonchev–Trinajstić information content (AvgIpc) is 3.11. The normalized spacial score (nSPS) is 16.4. The minimum atomic E-state index is -0.410. The Morgan fingerprint density at radius 2 is 1.69 bits per heavy atom. The van der Waals surface area contributed by atoms with Crippen molar-refractivity contribution in [2.24, 2.45) is 0 Å². The maximum Gasteiger partial charge on any atom is 0.185 e. The molecule has 4 rings (SSSR count). The minimum Gasteiger partial charge on any atom is -0.390 e. The Balaban J connectivity index is 1.52. The highest BCUT2D eigenvalue weighted by Gasteiger charge is 2.16. The molecule has 29 heavy (non-hydrogen) atoms. The van der Waals surface area contributed by atoms with E-state index >= 15 is 0 Å². The molecular weight excluding hydrogens is 360 g/mol. The van der Waals surface area contributed by atoms with Gasteiger partial charge in [-0.3, -0.25) is 4.79 Å². The quantitative estimate of drug-likeness (QED) is 0.482. The highest BCUT2D eigenvalue weighted by Crippen LogP contribution is 2.23. The number of carbonyl (C=O) groups excluding carboxylic acids is 1. The van der Waals surface area contributed by atoms with Gasteiger partial charge in [-0.2, -0.15) is 0 Å². The number of hydrogen-bond acceptors (Lipinski definition) is 3. The summed E-state index contributed by atoms with van der Waals surface area (Å²) < 4.78 is 2.11. The second kappa shape index (κ2) is 9.21. The third kappa shape index (κ3) is 4.84. The van der Waals surface area contributed by atoms with Crippen molar-refractivity contribution in [3.63, 3.8) is 0 Å². The average molecular weight is 389 g/mol. The largest absolute Gasteiger partial charge is 0.390 e. The van der Waals surface area contributed by atoms with Crippen molar-refractivity contribution in [3.8, 4) is 0 Å². The first-order valence-electron chi connectivity index (χ1n) is 10.5. The number of β-amino-alcohol motifs (C(OH)–C–C–N with tert-alkyl or cyclic N) is 1. The Hall–Kier alpha value is -2.69. The monoisotopic (exact) mass is 388 g/mol. The zero-order valence-corrected chi connectivity index (χ0v) is 16.7. The molecule has 4 nitrogen and oxygen atoms in total. The number of piperidine rings is 1. The molecule has 0 aliphatic carbocycles. The number of para-hydroxylation sites is 1. The summed E-state index contributed by atoms with van der Waals surface area (Å²) >= 11 is 0. The predicted molar refractivity (Wildman–Crippen MR) is 118 cm³/mol. The molecule has 1 fully saturated rings. The first-order valence-corrected chi connectivity index (χ1v) is 10.5. The summed E-state index contributed by atoms with van der Waals surface area (Å²) in [4.78, 5) is 14.8. The molecule has 0 bridgehead atoms. The van der Waals surface area contributed by atoms with Crippen LogP contribution in [0.4, 0.5) is 0 Å². The summed E-state index contributed by atoms with van der Waals surface area (Å²) in [6.45, 7) is 3.43. The van der Waals surface area contributed by atoms with Gasteiger partial charge in [0, 0.05) is 41.3 Å². The highest BCUT2D eigenvalue weighted by molar-refractivity contribution is 6.07. The third-order valence-corrected chi connectivity index (χ3v) is 5.62. The minimum absolute atomic E-state index is 0.00688. The number of carbonyl (C=O) groups is 1. The summed E-state index contributed by atoms with van der Waals surface area (Å²) in [7, 11) is 0. The van der Waals surface area contributed by atoms with Gasteiger partial charge in [0.05, 0.1) is 6.10 Å². The van der Waals surface area contributed by atoms with E-state index in [1.807, 2.05) is 54.7 Å². The van der Waals surface area contributed by atoms with E-state index in [-0.39, 0.29) is 5.78 Å². The van der Waals surface area contributed by atoms with Crippen LogP contribution in [0.3, 0.4) is 0 Å². The Bertz CT molecular complexity index is 984. The van der Waals surface area contributed by atoms with Crippen molar-refractivity contribution < 1.29 is 9.90 Å². The molecule has 0 amide bonds. The van der Waals surface area contributed by atoms with Crippen molar-refractivity contribution in [3.05, 3.63) is 78.0 Å². The lowest BCUT2D eigenvalue weighted by molar-refractivity contribution is 0.0892. The number of aliphatic hydroxyl groups is 1. The van der Waals surface area contributed by atoms with Gasteiger partial charge in [-0.05, 0) is 44.1 Å². The van der Waals surface area contributed by atoms with E-state index in [1.165, 1.54) is 19.3 Å². The number of rotatable bonds is 7. The van der Waals surface area contributed by atoms with Crippen molar-refractivity contribution >= 4 is 22.8 Å². The van der Waals surface area contributed by atoms with Gasteiger partial charge in [0.1, 0.15) is 0 Å².